The second-order valence-electron chi connectivity index (χ2n) is 2.11. The topological polar surface area (TPSA) is 26.0 Å². The zero-order valence-electron chi connectivity index (χ0n) is 5.46. The highest BCUT2D eigenvalue weighted by Crippen LogP contribution is 1.85. The lowest BCUT2D eigenvalue weighted by atomic mass is 9.79. The second-order valence-corrected chi connectivity index (χ2v) is 2.11. The van der Waals surface area contributed by atoms with Crippen LogP contribution < -0.4 is 22.1 Å². The molecule has 0 aliphatic rings. The zero-order valence-corrected chi connectivity index (χ0v) is 5.46. The van der Waals surface area contributed by atoms with Crippen molar-refractivity contribution in [3.05, 3.63) is 12.1 Å². The van der Waals surface area contributed by atoms with Crippen LogP contribution in [-0.4, -0.2) is 23.5 Å². The fraction of sp³-hybridized carbons (Fsp3) is 0. The molecule has 0 atom stereocenters. The number of hydrogen-bond acceptors (Lipinski definition) is 1. The van der Waals surface area contributed by atoms with E-state index in [1.807, 2.05) is 0 Å². The van der Waals surface area contributed by atoms with Crippen molar-refractivity contribution in [1.29, 1.82) is 0 Å². The van der Waals surface area contributed by atoms with Crippen molar-refractivity contribution in [1.82, 2.24) is 0 Å². The van der Waals surface area contributed by atoms with E-state index in [0.717, 1.165) is 0 Å². The van der Waals surface area contributed by atoms with Crippen LogP contribution in [0.5, 0.6) is 0 Å². The third kappa shape index (κ3) is 1.20. The molecule has 0 aliphatic heterocycles. The number of hydrogen-bond donors (Lipinski definition) is 1. The van der Waals surface area contributed by atoms with Crippen LogP contribution in [0.2, 0.25) is 0 Å². The Morgan fingerprint density at radius 2 is 1.40 bits per heavy atom. The zero-order chi connectivity index (χ0) is 7.72. The maximum absolute atomic E-state index is 5.45. The molecular weight excluding hydrogens is 119 g/mol. The average Bonchev–Trinajstić information content (AvgIpc) is 1.82. The van der Waals surface area contributed by atoms with E-state index in [-0.39, 0.29) is 0 Å². The molecule has 0 aliphatic carbocycles. The van der Waals surface area contributed by atoms with E-state index in [0.29, 0.717) is 22.1 Å². The molecular formula is C6H4B3N. The summed E-state index contributed by atoms with van der Waals surface area (Å²) in [6, 6.07) is 3.15. The summed E-state index contributed by atoms with van der Waals surface area (Å²) in [7, 11) is 16.3. The summed E-state index contributed by atoms with van der Waals surface area (Å²) >= 11 is 0. The first kappa shape index (κ1) is 7.32. The van der Waals surface area contributed by atoms with Crippen molar-refractivity contribution in [3.63, 3.8) is 0 Å². The van der Waals surface area contributed by atoms with E-state index in [1.165, 1.54) is 0 Å². The van der Waals surface area contributed by atoms with Gasteiger partial charge in [-0.25, -0.2) is 0 Å². The van der Waals surface area contributed by atoms with Gasteiger partial charge >= 0.3 is 0 Å². The molecule has 4 heteroatoms. The SMILES string of the molecule is [B]c1cc([B])c(N)c([B])c1. The van der Waals surface area contributed by atoms with Crippen molar-refractivity contribution in [2.75, 3.05) is 5.73 Å². The van der Waals surface area contributed by atoms with Crippen molar-refractivity contribution in [3.8, 4) is 0 Å². The molecule has 0 unspecified atom stereocenters. The first-order valence-corrected chi connectivity index (χ1v) is 2.81. The molecule has 1 rings (SSSR count). The van der Waals surface area contributed by atoms with Crippen LogP contribution in [0.3, 0.4) is 0 Å². The highest BCUT2D eigenvalue weighted by Gasteiger charge is 1.95. The average molecular weight is 123 g/mol. The lowest BCUT2D eigenvalue weighted by molar-refractivity contribution is 1.85. The lowest BCUT2D eigenvalue weighted by Gasteiger charge is -2.05. The summed E-state index contributed by atoms with van der Waals surface area (Å²) in [4.78, 5) is 0. The Morgan fingerprint density at radius 1 is 1.00 bits per heavy atom. The molecule has 0 amide bonds. The molecule has 0 spiro atoms. The monoisotopic (exact) mass is 123 g/mol. The Kier molecular flexibility index (Phi) is 1.79. The molecule has 0 heterocycles. The molecule has 6 radical (unpaired) electrons. The molecule has 10 heavy (non-hydrogen) atoms. The first-order chi connectivity index (χ1) is 4.61. The molecule has 0 aromatic heterocycles. The van der Waals surface area contributed by atoms with Gasteiger partial charge in [0.2, 0.25) is 0 Å². The Labute approximate surface area is 64.2 Å². The van der Waals surface area contributed by atoms with Crippen LogP contribution in [-0.2, 0) is 0 Å². The van der Waals surface area contributed by atoms with Gasteiger partial charge in [0, 0.05) is 5.69 Å². The third-order valence-electron chi connectivity index (χ3n) is 1.27. The molecule has 1 aromatic carbocycles. The predicted molar refractivity (Wildman–Crippen MR) is 47.0 cm³/mol. The second kappa shape index (κ2) is 2.45. The minimum atomic E-state index is 0.397. The highest BCUT2D eigenvalue weighted by atomic mass is 14.6. The molecule has 0 saturated carbocycles. The van der Waals surface area contributed by atoms with Gasteiger partial charge in [-0.2, -0.15) is 0 Å². The molecule has 0 bridgehead atoms. The molecule has 1 aromatic rings. The van der Waals surface area contributed by atoms with Crippen molar-refractivity contribution >= 4 is 45.6 Å². The first-order valence-electron chi connectivity index (χ1n) is 2.81. The van der Waals surface area contributed by atoms with Gasteiger partial charge in [0.15, 0.2) is 0 Å². The molecule has 0 saturated heterocycles. The Bertz CT molecular complexity index is 236. The highest BCUT2D eigenvalue weighted by molar-refractivity contribution is 6.47. The quantitative estimate of drug-likeness (QED) is 0.303. The van der Waals surface area contributed by atoms with Crippen molar-refractivity contribution in [2.45, 2.75) is 0 Å². The van der Waals surface area contributed by atoms with Gasteiger partial charge in [-0.3, -0.25) is 0 Å². The number of nitrogens with two attached hydrogens (primary N) is 1. The van der Waals surface area contributed by atoms with Crippen molar-refractivity contribution < 1.29 is 0 Å². The summed E-state index contributed by atoms with van der Waals surface area (Å²) in [6.45, 7) is 0. The molecule has 42 valence electrons. The van der Waals surface area contributed by atoms with Gasteiger partial charge in [0.1, 0.15) is 23.5 Å². The lowest BCUT2D eigenvalue weighted by Crippen LogP contribution is -2.27. The summed E-state index contributed by atoms with van der Waals surface area (Å²) < 4.78 is 0. The van der Waals surface area contributed by atoms with E-state index in [2.05, 4.69) is 0 Å². The number of anilines is 1. The van der Waals surface area contributed by atoms with Gasteiger partial charge in [-0.15, -0.1) is 0 Å². The Hall–Kier alpha value is -0.785. The summed E-state index contributed by atoms with van der Waals surface area (Å²) in [5.74, 6) is 0. The van der Waals surface area contributed by atoms with Crippen LogP contribution in [0.15, 0.2) is 12.1 Å². The minimum Gasteiger partial charge on any atom is -0.400 e. The minimum absolute atomic E-state index is 0.397. The largest absolute Gasteiger partial charge is 0.400 e. The van der Waals surface area contributed by atoms with Crippen LogP contribution in [0.25, 0.3) is 0 Å². The fourth-order valence-electron chi connectivity index (χ4n) is 0.723. The van der Waals surface area contributed by atoms with Gasteiger partial charge in [0.05, 0.1) is 0 Å². The van der Waals surface area contributed by atoms with Crippen LogP contribution in [0.4, 0.5) is 5.69 Å². The number of benzene rings is 1. The van der Waals surface area contributed by atoms with E-state index < -0.39 is 0 Å². The van der Waals surface area contributed by atoms with Crippen LogP contribution >= 0.6 is 0 Å². The number of nitrogen functional groups attached to an aromatic ring is 1. The normalized spacial score (nSPS) is 9.60. The Balaban J connectivity index is 3.31. The third-order valence-corrected chi connectivity index (χ3v) is 1.27. The van der Waals surface area contributed by atoms with E-state index >= 15 is 0 Å². The molecule has 2 N–H and O–H groups in total. The van der Waals surface area contributed by atoms with Gasteiger partial charge in [-0.05, 0) is 0 Å². The number of rotatable bonds is 0. The fourth-order valence-corrected chi connectivity index (χ4v) is 0.723. The summed E-state index contributed by atoms with van der Waals surface area (Å²) in [5, 5.41) is 0. The Morgan fingerprint density at radius 3 is 1.80 bits per heavy atom. The maximum atomic E-state index is 5.45. The molecule has 1 nitrogen and oxygen atoms in total. The van der Waals surface area contributed by atoms with E-state index in [9.17, 15) is 0 Å². The smallest absolute Gasteiger partial charge is 0.116 e. The summed E-state index contributed by atoms with van der Waals surface area (Å²) in [5.41, 5.74) is 7.23. The summed E-state index contributed by atoms with van der Waals surface area (Å²) in [6.07, 6.45) is 0. The van der Waals surface area contributed by atoms with Gasteiger partial charge < -0.3 is 5.73 Å². The predicted octanol–water partition coefficient (Wildman–Crippen LogP) is -2.35. The van der Waals surface area contributed by atoms with E-state index in [1.54, 1.807) is 12.1 Å². The maximum Gasteiger partial charge on any atom is 0.116 e. The van der Waals surface area contributed by atoms with Crippen molar-refractivity contribution in [2.24, 2.45) is 0 Å². The van der Waals surface area contributed by atoms with Crippen LogP contribution in [0.1, 0.15) is 0 Å². The van der Waals surface area contributed by atoms with Crippen LogP contribution in [0, 0.1) is 0 Å². The molecule has 0 fully saturated rings. The van der Waals surface area contributed by atoms with Gasteiger partial charge in [-0.1, -0.05) is 28.5 Å². The van der Waals surface area contributed by atoms with Gasteiger partial charge in [0.25, 0.3) is 0 Å². The standard InChI is InChI=1S/C6H4B3N/c7-3-1-4(8)6(10)5(9)2-3/h1-2H,10H2. The van der Waals surface area contributed by atoms with E-state index in [4.69, 9.17) is 29.3 Å².